The Morgan fingerprint density at radius 2 is 1.94 bits per heavy atom. The van der Waals surface area contributed by atoms with Gasteiger partial charge < -0.3 is 0 Å². The fraction of sp³-hybridized carbons (Fsp3) is 0.692. The molecule has 0 atom stereocenters. The number of nitrogens with zero attached hydrogens (tertiary/aromatic N) is 2. The molecule has 0 aliphatic carbocycles. The van der Waals surface area contributed by atoms with Crippen LogP contribution in [0.15, 0.2) is 0 Å². The summed E-state index contributed by atoms with van der Waals surface area (Å²) in [6.45, 7) is 8.70. The van der Waals surface area contributed by atoms with E-state index in [2.05, 4.69) is 33.8 Å². The van der Waals surface area contributed by atoms with Gasteiger partial charge in [-0.1, -0.05) is 27.7 Å². The zero-order valence-corrected chi connectivity index (χ0v) is 11.4. The maximum Gasteiger partial charge on any atom is 0.0962 e. The van der Waals surface area contributed by atoms with Crippen molar-refractivity contribution in [1.29, 1.82) is 5.26 Å². The van der Waals surface area contributed by atoms with E-state index in [4.69, 9.17) is 10.2 Å². The summed E-state index contributed by atoms with van der Waals surface area (Å²) in [6.07, 6.45) is 2.77. The highest BCUT2D eigenvalue weighted by Gasteiger charge is 2.18. The fourth-order valence-electron chi connectivity index (χ4n) is 1.84. The molecule has 0 radical (unpaired) electrons. The molecule has 0 amide bonds. The molecule has 1 aromatic heterocycles. The van der Waals surface area contributed by atoms with E-state index in [1.807, 2.05) is 0 Å². The van der Waals surface area contributed by atoms with Crippen molar-refractivity contribution in [1.82, 2.24) is 4.98 Å². The molecule has 16 heavy (non-hydrogen) atoms. The maximum absolute atomic E-state index is 8.82. The quantitative estimate of drug-likeness (QED) is 0.767. The van der Waals surface area contributed by atoms with Crippen LogP contribution < -0.4 is 0 Å². The summed E-state index contributed by atoms with van der Waals surface area (Å²) in [5, 5.41) is 10.0. The van der Waals surface area contributed by atoms with E-state index in [1.165, 1.54) is 9.88 Å². The third kappa shape index (κ3) is 2.82. The number of thiazole rings is 1. The van der Waals surface area contributed by atoms with Gasteiger partial charge >= 0.3 is 0 Å². The molecule has 3 heteroatoms. The van der Waals surface area contributed by atoms with E-state index in [-0.39, 0.29) is 0 Å². The smallest absolute Gasteiger partial charge is 0.0962 e. The molecule has 0 fully saturated rings. The minimum atomic E-state index is 0.419. The maximum atomic E-state index is 8.82. The van der Waals surface area contributed by atoms with Gasteiger partial charge in [-0.25, -0.2) is 4.98 Å². The summed E-state index contributed by atoms with van der Waals surface area (Å²) in [5.41, 5.74) is 1.13. The molecule has 0 N–H and O–H groups in total. The van der Waals surface area contributed by atoms with Crippen molar-refractivity contribution >= 4 is 11.3 Å². The van der Waals surface area contributed by atoms with E-state index in [1.54, 1.807) is 11.3 Å². The second-order valence-electron chi connectivity index (χ2n) is 4.36. The number of nitriles is 1. The molecule has 0 spiro atoms. The molecule has 0 aromatic carbocycles. The molecule has 0 bridgehead atoms. The van der Waals surface area contributed by atoms with Crippen LogP contribution in [0.5, 0.6) is 0 Å². The Bertz CT molecular complexity index is 370. The van der Waals surface area contributed by atoms with Gasteiger partial charge in [0.25, 0.3) is 0 Å². The Kier molecular flexibility index (Phi) is 4.95. The summed E-state index contributed by atoms with van der Waals surface area (Å²) in [6, 6.07) is 2.24. The molecule has 88 valence electrons. The monoisotopic (exact) mass is 236 g/mol. The first-order valence-corrected chi connectivity index (χ1v) is 6.82. The average molecular weight is 236 g/mol. The van der Waals surface area contributed by atoms with E-state index >= 15 is 0 Å². The third-order valence-corrected chi connectivity index (χ3v) is 4.10. The van der Waals surface area contributed by atoms with Gasteiger partial charge in [0.15, 0.2) is 0 Å². The Labute approximate surface area is 102 Å². The summed E-state index contributed by atoms with van der Waals surface area (Å²) in [4.78, 5) is 5.90. The standard InChI is InChI=1S/C13H20N2S/c1-5-10(6-2)13-15-12(9(3)4)11(16-13)7-8-14/h9-10H,5-7H2,1-4H3. The lowest BCUT2D eigenvalue weighted by Crippen LogP contribution is -1.96. The second-order valence-corrected chi connectivity index (χ2v) is 5.48. The Balaban J connectivity index is 3.05. The van der Waals surface area contributed by atoms with Crippen molar-refractivity contribution in [3.63, 3.8) is 0 Å². The van der Waals surface area contributed by atoms with Crippen molar-refractivity contribution in [3.8, 4) is 6.07 Å². The summed E-state index contributed by atoms with van der Waals surface area (Å²) in [7, 11) is 0. The van der Waals surface area contributed by atoms with Crippen LogP contribution in [0.1, 0.15) is 68.0 Å². The molecule has 0 aliphatic rings. The third-order valence-electron chi connectivity index (χ3n) is 2.87. The van der Waals surface area contributed by atoms with Crippen LogP contribution in [0.2, 0.25) is 0 Å². The first-order valence-electron chi connectivity index (χ1n) is 6.00. The van der Waals surface area contributed by atoms with Crippen LogP contribution in [0, 0.1) is 11.3 Å². The van der Waals surface area contributed by atoms with Crippen molar-refractivity contribution in [2.45, 2.75) is 58.8 Å². The van der Waals surface area contributed by atoms with Gasteiger partial charge in [0, 0.05) is 10.8 Å². The van der Waals surface area contributed by atoms with E-state index in [0.29, 0.717) is 18.3 Å². The van der Waals surface area contributed by atoms with E-state index in [9.17, 15) is 0 Å². The first kappa shape index (κ1) is 13.2. The SMILES string of the molecule is CCC(CC)c1nc(C(C)C)c(CC#N)s1. The summed E-state index contributed by atoms with van der Waals surface area (Å²) in [5.74, 6) is 0.984. The number of hydrogen-bond acceptors (Lipinski definition) is 3. The molecule has 0 unspecified atom stereocenters. The molecule has 2 nitrogen and oxygen atoms in total. The molecular weight excluding hydrogens is 216 g/mol. The predicted octanol–water partition coefficient (Wildman–Crippen LogP) is 4.24. The molecule has 1 aromatic rings. The Hall–Kier alpha value is -0.880. The highest BCUT2D eigenvalue weighted by molar-refractivity contribution is 7.11. The fourth-order valence-corrected chi connectivity index (χ4v) is 3.26. The van der Waals surface area contributed by atoms with Gasteiger partial charge in [-0.3, -0.25) is 0 Å². The normalized spacial score (nSPS) is 11.1. The Morgan fingerprint density at radius 1 is 1.31 bits per heavy atom. The van der Waals surface area contributed by atoms with Gasteiger partial charge in [-0.2, -0.15) is 5.26 Å². The van der Waals surface area contributed by atoms with Crippen molar-refractivity contribution in [2.24, 2.45) is 0 Å². The number of hydrogen-bond donors (Lipinski definition) is 0. The lowest BCUT2D eigenvalue weighted by molar-refractivity contribution is 0.632. The van der Waals surface area contributed by atoms with Gasteiger partial charge in [0.1, 0.15) is 0 Å². The summed E-state index contributed by atoms with van der Waals surface area (Å²) >= 11 is 1.74. The van der Waals surface area contributed by atoms with Crippen molar-refractivity contribution in [2.75, 3.05) is 0 Å². The summed E-state index contributed by atoms with van der Waals surface area (Å²) < 4.78 is 0. The van der Waals surface area contributed by atoms with Crippen LogP contribution in [-0.4, -0.2) is 4.98 Å². The van der Waals surface area contributed by atoms with Crippen LogP contribution in [0.25, 0.3) is 0 Å². The van der Waals surface area contributed by atoms with Gasteiger partial charge in [-0.05, 0) is 18.8 Å². The zero-order valence-electron chi connectivity index (χ0n) is 10.6. The van der Waals surface area contributed by atoms with E-state index < -0.39 is 0 Å². The van der Waals surface area contributed by atoms with E-state index in [0.717, 1.165) is 18.5 Å². The molecule has 1 rings (SSSR count). The zero-order chi connectivity index (χ0) is 12.1. The predicted molar refractivity (Wildman–Crippen MR) is 68.8 cm³/mol. The average Bonchev–Trinajstić information content (AvgIpc) is 2.65. The minimum Gasteiger partial charge on any atom is -0.245 e. The van der Waals surface area contributed by atoms with Crippen LogP contribution in [0.4, 0.5) is 0 Å². The van der Waals surface area contributed by atoms with Gasteiger partial charge in [0.2, 0.25) is 0 Å². The van der Waals surface area contributed by atoms with Gasteiger partial charge in [-0.15, -0.1) is 11.3 Å². The topological polar surface area (TPSA) is 36.7 Å². The molecule has 0 aliphatic heterocycles. The van der Waals surface area contributed by atoms with Gasteiger partial charge in [0.05, 0.1) is 23.2 Å². The molecule has 0 saturated carbocycles. The van der Waals surface area contributed by atoms with Crippen LogP contribution in [0.3, 0.4) is 0 Å². The first-order chi connectivity index (χ1) is 7.63. The highest BCUT2D eigenvalue weighted by atomic mass is 32.1. The number of aromatic nitrogens is 1. The highest BCUT2D eigenvalue weighted by Crippen LogP contribution is 2.32. The van der Waals surface area contributed by atoms with Crippen molar-refractivity contribution < 1.29 is 0 Å². The Morgan fingerprint density at radius 3 is 2.38 bits per heavy atom. The minimum absolute atomic E-state index is 0.419. The molecule has 0 saturated heterocycles. The van der Waals surface area contributed by atoms with Crippen LogP contribution in [-0.2, 0) is 6.42 Å². The number of rotatable bonds is 5. The second kappa shape index (κ2) is 6.00. The molecular formula is C13H20N2S. The molecule has 1 heterocycles. The lowest BCUT2D eigenvalue weighted by Gasteiger charge is -2.07. The van der Waals surface area contributed by atoms with Crippen LogP contribution >= 0.6 is 11.3 Å². The van der Waals surface area contributed by atoms with Crippen molar-refractivity contribution in [3.05, 3.63) is 15.6 Å². The largest absolute Gasteiger partial charge is 0.245 e. The lowest BCUT2D eigenvalue weighted by atomic mass is 10.0.